The van der Waals surface area contributed by atoms with Crippen molar-refractivity contribution < 1.29 is 23.7 Å². The highest BCUT2D eigenvalue weighted by atomic mass is 32.5. The minimum absolute atomic E-state index is 0.294. The second-order valence-corrected chi connectivity index (χ2v) is 6.82. The summed E-state index contributed by atoms with van der Waals surface area (Å²) < 4.78 is 9.70. The van der Waals surface area contributed by atoms with E-state index in [1.165, 1.54) is 14.2 Å². The molecule has 1 unspecified atom stereocenters. The highest BCUT2D eigenvalue weighted by molar-refractivity contribution is 8.10. The van der Waals surface area contributed by atoms with Crippen LogP contribution >= 0.6 is 19.1 Å². The molecule has 0 spiro atoms. The van der Waals surface area contributed by atoms with Crippen LogP contribution in [-0.4, -0.2) is 36.1 Å². The van der Waals surface area contributed by atoms with Crippen LogP contribution < -0.4 is 0 Å². The van der Waals surface area contributed by atoms with E-state index in [0.717, 1.165) is 0 Å². The number of aliphatic carboxylic acids is 1. The van der Waals surface area contributed by atoms with E-state index >= 15 is 0 Å². The van der Waals surface area contributed by atoms with Crippen molar-refractivity contribution in [2.75, 3.05) is 14.2 Å². The molecule has 0 saturated carbocycles. The molecule has 0 amide bonds. The van der Waals surface area contributed by atoms with E-state index in [2.05, 4.69) is 12.6 Å². The molecule has 0 rings (SSSR count). The van der Waals surface area contributed by atoms with E-state index in [-0.39, 0.29) is 6.42 Å². The van der Waals surface area contributed by atoms with E-state index in [4.69, 9.17) is 26.0 Å². The molecule has 0 saturated heterocycles. The smallest absolute Gasteiger partial charge is 0.316 e. The number of carboxylic acids is 1. The standard InChI is InChI=1S/C6H11O5PS2/c1-10-12(14,11-2)4(6(8)9)3-5(7)13/h4H,3H2,1-2H3,(H,7,13)(H,8,9). The first-order valence-corrected chi connectivity index (χ1v) is 6.68. The molecule has 8 heteroatoms. The molecular weight excluding hydrogens is 247 g/mol. The number of carbonyl (C=O) groups excluding carboxylic acids is 1. The molecule has 0 aromatic rings. The van der Waals surface area contributed by atoms with Crippen LogP contribution in [-0.2, 0) is 30.4 Å². The lowest BCUT2D eigenvalue weighted by molar-refractivity contribution is -0.137. The van der Waals surface area contributed by atoms with Crippen molar-refractivity contribution in [3.05, 3.63) is 0 Å². The summed E-state index contributed by atoms with van der Waals surface area (Å²) in [7, 11) is 2.53. The predicted molar refractivity (Wildman–Crippen MR) is 58.3 cm³/mol. The van der Waals surface area contributed by atoms with Crippen molar-refractivity contribution in [2.24, 2.45) is 0 Å². The molecule has 0 aromatic heterocycles. The maximum Gasteiger partial charge on any atom is 0.316 e. The Morgan fingerprint density at radius 3 is 2.14 bits per heavy atom. The van der Waals surface area contributed by atoms with Gasteiger partial charge in [-0.3, -0.25) is 9.59 Å². The van der Waals surface area contributed by atoms with Crippen LogP contribution in [0.1, 0.15) is 6.42 Å². The first-order valence-electron chi connectivity index (χ1n) is 3.53. The summed E-state index contributed by atoms with van der Waals surface area (Å²) in [5, 5.41) is 8.28. The molecule has 0 radical (unpaired) electrons. The summed E-state index contributed by atoms with van der Waals surface area (Å²) in [6, 6.07) is 0. The largest absolute Gasteiger partial charge is 0.481 e. The van der Waals surface area contributed by atoms with Gasteiger partial charge in [0, 0.05) is 20.6 Å². The zero-order chi connectivity index (χ0) is 11.4. The Balaban J connectivity index is 4.89. The Morgan fingerprint density at radius 2 is 1.93 bits per heavy atom. The fourth-order valence-electron chi connectivity index (χ4n) is 0.829. The summed E-state index contributed by atoms with van der Waals surface area (Å²) in [5.74, 6) is -1.21. The zero-order valence-electron chi connectivity index (χ0n) is 7.67. The van der Waals surface area contributed by atoms with Crippen molar-refractivity contribution >= 4 is 42.0 Å². The molecule has 1 atom stereocenters. The predicted octanol–water partition coefficient (Wildman–Crippen LogP) is 0.888. The number of carboxylic acid groups (broad SMARTS) is 1. The van der Waals surface area contributed by atoms with E-state index < -0.39 is 23.2 Å². The number of carbonyl (C=O) groups is 2. The summed E-state index contributed by atoms with van der Waals surface area (Å²) >= 11 is 8.42. The Kier molecular flexibility index (Phi) is 5.85. The van der Waals surface area contributed by atoms with E-state index in [9.17, 15) is 9.59 Å². The SMILES string of the molecule is COP(=S)(OC)C(CC(=O)S)C(=O)O. The van der Waals surface area contributed by atoms with Crippen LogP contribution in [0.2, 0.25) is 0 Å². The Morgan fingerprint density at radius 1 is 1.50 bits per heavy atom. The molecule has 82 valence electrons. The second-order valence-electron chi connectivity index (χ2n) is 2.36. The van der Waals surface area contributed by atoms with Gasteiger partial charge in [-0.2, -0.15) is 0 Å². The van der Waals surface area contributed by atoms with Crippen molar-refractivity contribution in [2.45, 2.75) is 12.1 Å². The van der Waals surface area contributed by atoms with E-state index in [1.54, 1.807) is 0 Å². The van der Waals surface area contributed by atoms with Gasteiger partial charge in [0.25, 0.3) is 0 Å². The molecule has 0 bridgehead atoms. The zero-order valence-corrected chi connectivity index (χ0v) is 10.3. The van der Waals surface area contributed by atoms with Crippen LogP contribution in [0.5, 0.6) is 0 Å². The van der Waals surface area contributed by atoms with Gasteiger partial charge in [-0.05, 0) is 11.8 Å². The van der Waals surface area contributed by atoms with Crippen molar-refractivity contribution in [1.29, 1.82) is 0 Å². The molecule has 0 aromatic carbocycles. The Bertz CT molecular complexity index is 271. The molecule has 1 N–H and O–H groups in total. The lowest BCUT2D eigenvalue weighted by Gasteiger charge is -2.23. The number of hydrogen-bond donors (Lipinski definition) is 2. The van der Waals surface area contributed by atoms with Crippen molar-refractivity contribution in [1.82, 2.24) is 0 Å². The molecule has 0 aliphatic carbocycles. The second kappa shape index (κ2) is 5.82. The van der Waals surface area contributed by atoms with Gasteiger partial charge in [0.15, 0.2) is 5.12 Å². The normalized spacial score (nSPS) is 13.6. The third-order valence-electron chi connectivity index (χ3n) is 1.54. The van der Waals surface area contributed by atoms with Gasteiger partial charge in [0.05, 0.1) is 0 Å². The monoisotopic (exact) mass is 258 g/mol. The molecule has 0 aliphatic rings. The highest BCUT2D eigenvalue weighted by Crippen LogP contribution is 2.53. The lowest BCUT2D eigenvalue weighted by atomic mass is 10.3. The van der Waals surface area contributed by atoms with Crippen molar-refractivity contribution in [3.8, 4) is 0 Å². The molecule has 0 heterocycles. The van der Waals surface area contributed by atoms with Gasteiger partial charge in [0.2, 0.25) is 6.49 Å². The van der Waals surface area contributed by atoms with Crippen LogP contribution in [0.3, 0.4) is 0 Å². The molecular formula is C6H11O5PS2. The van der Waals surface area contributed by atoms with Gasteiger partial charge < -0.3 is 14.2 Å². The molecule has 14 heavy (non-hydrogen) atoms. The summed E-state index contributed by atoms with van der Waals surface area (Å²) in [5.41, 5.74) is -1.14. The van der Waals surface area contributed by atoms with Gasteiger partial charge in [-0.15, -0.1) is 12.6 Å². The maximum absolute atomic E-state index is 10.8. The Hall–Kier alpha value is 0.0600. The van der Waals surface area contributed by atoms with Gasteiger partial charge in [0.1, 0.15) is 5.66 Å². The fourth-order valence-corrected chi connectivity index (χ4v) is 2.97. The van der Waals surface area contributed by atoms with Crippen LogP contribution in [0.25, 0.3) is 0 Å². The minimum atomic E-state index is -2.94. The quantitative estimate of drug-likeness (QED) is 0.544. The highest BCUT2D eigenvalue weighted by Gasteiger charge is 2.36. The van der Waals surface area contributed by atoms with Crippen molar-refractivity contribution in [3.63, 3.8) is 0 Å². The third kappa shape index (κ3) is 3.67. The third-order valence-corrected chi connectivity index (χ3v) is 5.57. The van der Waals surface area contributed by atoms with Crippen LogP contribution in [0.4, 0.5) is 0 Å². The average molecular weight is 258 g/mol. The molecule has 0 aliphatic heterocycles. The maximum atomic E-state index is 10.8. The molecule has 0 fully saturated rings. The first-order chi connectivity index (χ1) is 6.37. The van der Waals surface area contributed by atoms with E-state index in [1.807, 2.05) is 0 Å². The van der Waals surface area contributed by atoms with Gasteiger partial charge in [-0.25, -0.2) is 0 Å². The fraction of sp³-hybridized carbons (Fsp3) is 0.667. The summed E-state index contributed by atoms with van der Waals surface area (Å²) in [6.07, 6.45) is -0.294. The number of hydrogen-bond acceptors (Lipinski definition) is 5. The minimum Gasteiger partial charge on any atom is -0.481 e. The summed E-state index contributed by atoms with van der Waals surface area (Å²) in [4.78, 5) is 21.5. The Labute approximate surface area is 92.4 Å². The number of thiol groups is 1. The van der Waals surface area contributed by atoms with E-state index in [0.29, 0.717) is 0 Å². The summed E-state index contributed by atoms with van der Waals surface area (Å²) in [6.45, 7) is -2.94. The van der Waals surface area contributed by atoms with Gasteiger partial charge in [-0.1, -0.05) is 0 Å². The number of rotatable bonds is 6. The first kappa shape index (κ1) is 14.1. The lowest BCUT2D eigenvalue weighted by Crippen LogP contribution is -2.23. The van der Waals surface area contributed by atoms with Crippen LogP contribution in [0, 0.1) is 0 Å². The molecule has 5 nitrogen and oxygen atoms in total. The average Bonchev–Trinajstić information content (AvgIpc) is 2.12. The van der Waals surface area contributed by atoms with Crippen LogP contribution in [0.15, 0.2) is 0 Å². The topological polar surface area (TPSA) is 72.8 Å². The van der Waals surface area contributed by atoms with Gasteiger partial charge >= 0.3 is 5.97 Å².